The molecule has 1 heterocycles. The molecule has 0 bridgehead atoms. The van der Waals surface area contributed by atoms with Crippen LogP contribution in [0.2, 0.25) is 0 Å². The van der Waals surface area contributed by atoms with Crippen molar-refractivity contribution in [2.75, 3.05) is 36.4 Å². The number of nitrogens with zero attached hydrogens (tertiary/aromatic N) is 2. The molecule has 170 valence electrons. The first kappa shape index (κ1) is 22.3. The summed E-state index contributed by atoms with van der Waals surface area (Å²) in [6.45, 7) is 4.41. The third-order valence-corrected chi connectivity index (χ3v) is 5.54. The molecule has 1 aliphatic heterocycles. The Bertz CT molecular complexity index is 1190. The van der Waals surface area contributed by atoms with E-state index in [1.54, 1.807) is 4.90 Å². The van der Waals surface area contributed by atoms with Gasteiger partial charge in [-0.05, 0) is 48.9 Å². The summed E-state index contributed by atoms with van der Waals surface area (Å²) in [7, 11) is 0. The van der Waals surface area contributed by atoms with Gasteiger partial charge in [0.15, 0.2) is 0 Å². The molecule has 4 rings (SSSR count). The number of hydrogen-bond acceptors (Lipinski definition) is 4. The molecule has 3 aromatic rings. The predicted octanol–water partition coefficient (Wildman–Crippen LogP) is 4.19. The van der Waals surface area contributed by atoms with Gasteiger partial charge in [0, 0.05) is 55.2 Å². The molecule has 0 unspecified atom stereocenters. The van der Waals surface area contributed by atoms with Crippen molar-refractivity contribution >= 4 is 23.2 Å². The number of aromatic hydroxyl groups is 1. The number of aryl methyl sites for hydroxylation is 1. The number of piperazine rings is 1. The Balaban J connectivity index is 1.40. The number of halogens is 2. The van der Waals surface area contributed by atoms with Crippen molar-refractivity contribution in [2.24, 2.45) is 0 Å². The van der Waals surface area contributed by atoms with Gasteiger partial charge in [-0.3, -0.25) is 9.59 Å². The second kappa shape index (κ2) is 9.28. The van der Waals surface area contributed by atoms with Gasteiger partial charge in [-0.2, -0.15) is 0 Å². The van der Waals surface area contributed by atoms with Crippen molar-refractivity contribution in [3.63, 3.8) is 0 Å². The van der Waals surface area contributed by atoms with Gasteiger partial charge < -0.3 is 20.2 Å². The molecule has 1 fully saturated rings. The summed E-state index contributed by atoms with van der Waals surface area (Å²) in [4.78, 5) is 29.1. The smallest absolute Gasteiger partial charge is 0.257 e. The van der Waals surface area contributed by atoms with E-state index in [1.807, 2.05) is 25.1 Å². The van der Waals surface area contributed by atoms with Gasteiger partial charge in [-0.25, -0.2) is 8.78 Å². The summed E-state index contributed by atoms with van der Waals surface area (Å²) in [6.07, 6.45) is 0. The van der Waals surface area contributed by atoms with Crippen LogP contribution < -0.4 is 10.2 Å². The second-order valence-electron chi connectivity index (χ2n) is 7.96. The van der Waals surface area contributed by atoms with Gasteiger partial charge in [0.25, 0.3) is 11.8 Å². The second-order valence-corrected chi connectivity index (χ2v) is 7.96. The molecule has 6 nitrogen and oxygen atoms in total. The normalized spacial score (nSPS) is 13.7. The van der Waals surface area contributed by atoms with E-state index in [2.05, 4.69) is 16.3 Å². The number of rotatable bonds is 4. The highest BCUT2D eigenvalue weighted by Crippen LogP contribution is 2.25. The van der Waals surface area contributed by atoms with Gasteiger partial charge in [0.05, 0.1) is 5.56 Å². The molecule has 0 atom stereocenters. The quantitative estimate of drug-likeness (QED) is 0.624. The number of phenols is 1. The molecule has 1 saturated heterocycles. The highest BCUT2D eigenvalue weighted by atomic mass is 19.1. The van der Waals surface area contributed by atoms with Gasteiger partial charge in [0.2, 0.25) is 0 Å². The zero-order chi connectivity index (χ0) is 23.5. The molecule has 2 amide bonds. The largest absolute Gasteiger partial charge is 0.507 e. The topological polar surface area (TPSA) is 72.9 Å². The van der Waals surface area contributed by atoms with Crippen LogP contribution in [0.1, 0.15) is 26.3 Å². The lowest BCUT2D eigenvalue weighted by Gasteiger charge is -2.36. The van der Waals surface area contributed by atoms with Crippen molar-refractivity contribution in [1.82, 2.24) is 4.90 Å². The third-order valence-electron chi connectivity index (χ3n) is 5.54. The number of phenolic OH excluding ortho intramolecular Hbond substituents is 1. The fourth-order valence-corrected chi connectivity index (χ4v) is 3.84. The van der Waals surface area contributed by atoms with E-state index in [-0.39, 0.29) is 28.5 Å². The fourth-order valence-electron chi connectivity index (χ4n) is 3.84. The fraction of sp³-hybridized carbons (Fsp3) is 0.200. The third kappa shape index (κ3) is 5.11. The van der Waals surface area contributed by atoms with Crippen molar-refractivity contribution < 1.29 is 23.5 Å². The molecule has 1 aliphatic rings. The summed E-state index contributed by atoms with van der Waals surface area (Å²) in [6, 6.07) is 14.8. The van der Waals surface area contributed by atoms with Crippen LogP contribution in [0.3, 0.4) is 0 Å². The van der Waals surface area contributed by atoms with Crippen molar-refractivity contribution in [1.29, 1.82) is 0 Å². The summed E-state index contributed by atoms with van der Waals surface area (Å²) >= 11 is 0. The molecule has 8 heteroatoms. The van der Waals surface area contributed by atoms with Crippen LogP contribution in [-0.4, -0.2) is 48.0 Å². The molecule has 0 radical (unpaired) electrons. The Morgan fingerprint density at radius 2 is 1.61 bits per heavy atom. The lowest BCUT2D eigenvalue weighted by molar-refractivity contribution is 0.0743. The maximum atomic E-state index is 13.3. The van der Waals surface area contributed by atoms with E-state index in [9.17, 15) is 23.5 Å². The van der Waals surface area contributed by atoms with Crippen LogP contribution >= 0.6 is 0 Å². The minimum Gasteiger partial charge on any atom is -0.507 e. The van der Waals surface area contributed by atoms with Crippen LogP contribution in [0.4, 0.5) is 20.2 Å². The SMILES string of the molecule is Cc1cccc(N2CCN(C(=O)c3ccc(NC(=O)c4cc(F)cc(F)c4)cc3O)CC2)c1. The first-order valence-electron chi connectivity index (χ1n) is 10.5. The van der Waals surface area contributed by atoms with E-state index < -0.39 is 17.5 Å². The predicted molar refractivity (Wildman–Crippen MR) is 122 cm³/mol. The maximum absolute atomic E-state index is 13.3. The standard InChI is InChI=1S/C25H23F2N3O3/c1-16-3-2-4-21(11-16)29-7-9-30(10-8-29)25(33)22-6-5-20(15-23(22)31)28-24(32)17-12-18(26)14-19(27)13-17/h2-6,11-15,31H,7-10H2,1H3,(H,28,32). The Kier molecular flexibility index (Phi) is 6.26. The van der Waals surface area contributed by atoms with E-state index in [0.29, 0.717) is 32.2 Å². The van der Waals surface area contributed by atoms with E-state index in [1.165, 1.54) is 23.8 Å². The van der Waals surface area contributed by atoms with Gasteiger partial charge in [-0.15, -0.1) is 0 Å². The van der Waals surface area contributed by atoms with Crippen LogP contribution in [0, 0.1) is 18.6 Å². The Labute approximate surface area is 190 Å². The Morgan fingerprint density at radius 1 is 0.909 bits per heavy atom. The van der Waals surface area contributed by atoms with Gasteiger partial charge >= 0.3 is 0 Å². The van der Waals surface area contributed by atoms with Crippen molar-refractivity contribution in [3.05, 3.63) is 89.0 Å². The van der Waals surface area contributed by atoms with Crippen LogP contribution in [0.5, 0.6) is 5.75 Å². The Hall–Kier alpha value is -3.94. The maximum Gasteiger partial charge on any atom is 0.257 e. The van der Waals surface area contributed by atoms with E-state index in [0.717, 1.165) is 17.8 Å². The highest BCUT2D eigenvalue weighted by molar-refractivity contribution is 6.05. The molecule has 2 N–H and O–H groups in total. The zero-order valence-electron chi connectivity index (χ0n) is 18.0. The number of benzene rings is 3. The minimum atomic E-state index is -0.869. The molecular formula is C25H23F2N3O3. The number of nitrogens with one attached hydrogen (secondary N) is 1. The lowest BCUT2D eigenvalue weighted by Crippen LogP contribution is -2.48. The average Bonchev–Trinajstić information content (AvgIpc) is 2.78. The van der Waals surface area contributed by atoms with Gasteiger partial charge in [0.1, 0.15) is 17.4 Å². The number of carbonyl (C=O) groups excluding carboxylic acids is 2. The molecule has 0 saturated carbocycles. The van der Waals surface area contributed by atoms with E-state index in [4.69, 9.17) is 0 Å². The highest BCUT2D eigenvalue weighted by Gasteiger charge is 2.24. The van der Waals surface area contributed by atoms with Crippen molar-refractivity contribution in [3.8, 4) is 5.75 Å². The minimum absolute atomic E-state index is 0.119. The molecule has 0 spiro atoms. The summed E-state index contributed by atoms with van der Waals surface area (Å²) in [5, 5.41) is 12.9. The molecule has 0 aromatic heterocycles. The van der Waals surface area contributed by atoms with Crippen LogP contribution in [0.25, 0.3) is 0 Å². The number of anilines is 2. The van der Waals surface area contributed by atoms with Crippen molar-refractivity contribution in [2.45, 2.75) is 6.92 Å². The molecule has 3 aromatic carbocycles. The van der Waals surface area contributed by atoms with Crippen LogP contribution in [0.15, 0.2) is 60.7 Å². The number of amides is 2. The van der Waals surface area contributed by atoms with Crippen LogP contribution in [-0.2, 0) is 0 Å². The molecular weight excluding hydrogens is 428 g/mol. The average molecular weight is 451 g/mol. The number of hydrogen-bond donors (Lipinski definition) is 2. The Morgan fingerprint density at radius 3 is 2.24 bits per heavy atom. The lowest BCUT2D eigenvalue weighted by atomic mass is 10.1. The van der Waals surface area contributed by atoms with E-state index >= 15 is 0 Å². The summed E-state index contributed by atoms with van der Waals surface area (Å²) in [5.74, 6) is -3.07. The number of carbonyl (C=O) groups is 2. The first-order chi connectivity index (χ1) is 15.8. The monoisotopic (exact) mass is 451 g/mol. The molecule has 33 heavy (non-hydrogen) atoms. The zero-order valence-corrected chi connectivity index (χ0v) is 18.0. The molecule has 0 aliphatic carbocycles. The summed E-state index contributed by atoms with van der Waals surface area (Å²) in [5.41, 5.74) is 2.41. The van der Waals surface area contributed by atoms with Gasteiger partial charge in [-0.1, -0.05) is 12.1 Å². The summed E-state index contributed by atoms with van der Waals surface area (Å²) < 4.78 is 26.7. The first-order valence-corrected chi connectivity index (χ1v) is 10.5.